The van der Waals surface area contributed by atoms with Crippen LogP contribution in [0.1, 0.15) is 78.5 Å². The molecule has 4 fully saturated rings. The van der Waals surface area contributed by atoms with Gasteiger partial charge in [-0.05, 0) is 68.5 Å². The summed E-state index contributed by atoms with van der Waals surface area (Å²) in [7, 11) is 3.77. The van der Waals surface area contributed by atoms with Gasteiger partial charge in [0.2, 0.25) is 0 Å². The van der Waals surface area contributed by atoms with Gasteiger partial charge in [0.1, 0.15) is 5.75 Å². The molecule has 6 heteroatoms. The number of rotatable bonds is 6. The summed E-state index contributed by atoms with van der Waals surface area (Å²) in [5.74, 6) is 2.66. The molecule has 1 aromatic heterocycles. The Morgan fingerprint density at radius 1 is 1.16 bits per heavy atom. The predicted octanol–water partition coefficient (Wildman–Crippen LogP) is 4.08. The van der Waals surface area contributed by atoms with Crippen molar-refractivity contribution >= 4 is 5.91 Å². The van der Waals surface area contributed by atoms with Crippen LogP contribution < -0.4 is 10.1 Å². The Labute approximate surface area is 191 Å². The number of hydrogen-bond acceptors (Lipinski definition) is 4. The number of ether oxygens (including phenoxy) is 1. The fourth-order valence-electron chi connectivity index (χ4n) is 6.19. The van der Waals surface area contributed by atoms with Gasteiger partial charge >= 0.3 is 0 Å². The summed E-state index contributed by atoms with van der Waals surface area (Å²) >= 11 is 0. The van der Waals surface area contributed by atoms with Crippen molar-refractivity contribution in [2.45, 2.75) is 62.8 Å². The second kappa shape index (κ2) is 9.26. The summed E-state index contributed by atoms with van der Waals surface area (Å²) in [4.78, 5) is 15.2. The highest BCUT2D eigenvalue weighted by atomic mass is 16.5. The van der Waals surface area contributed by atoms with Crippen LogP contribution in [0.2, 0.25) is 0 Å². The van der Waals surface area contributed by atoms with E-state index >= 15 is 0 Å². The number of nitrogens with zero attached hydrogens (tertiary/aromatic N) is 3. The van der Waals surface area contributed by atoms with Crippen LogP contribution >= 0.6 is 0 Å². The number of aromatic nitrogens is 2. The van der Waals surface area contributed by atoms with Crippen molar-refractivity contribution in [1.29, 1.82) is 0 Å². The van der Waals surface area contributed by atoms with Crippen molar-refractivity contribution in [3.05, 3.63) is 47.3 Å². The molecule has 3 aliphatic heterocycles. The molecular weight excluding hydrogens is 400 g/mol. The summed E-state index contributed by atoms with van der Waals surface area (Å²) in [6.45, 7) is 2.93. The van der Waals surface area contributed by atoms with E-state index in [1.54, 1.807) is 7.11 Å². The normalized spacial score (nSPS) is 27.9. The van der Waals surface area contributed by atoms with Gasteiger partial charge in [-0.3, -0.25) is 14.4 Å². The molecule has 172 valence electrons. The number of amides is 1. The zero-order chi connectivity index (χ0) is 22.1. The molecule has 2 aromatic rings. The van der Waals surface area contributed by atoms with Crippen LogP contribution in [0.4, 0.5) is 0 Å². The first-order valence-corrected chi connectivity index (χ1v) is 12.3. The molecule has 1 aromatic carbocycles. The minimum Gasteiger partial charge on any atom is -0.497 e. The number of hydrogen-bond donors (Lipinski definition) is 1. The number of carbonyl (C=O) groups excluding carboxylic acids is 1. The molecule has 1 amide bonds. The standard InChI is InChI=1S/C26H36N4O2/c1-29-25(15-24(28-29)18-6-4-3-5-7-18)23-17-30-13-12-20(23)14-21(30)16-27-26(31)19-8-10-22(32-2)11-9-19/h8-11,15,18,20-21,23H,3-7,12-14,16-17H2,1-2H3,(H,27,31)/t20-,21+,23+/m0/s1. The summed E-state index contributed by atoms with van der Waals surface area (Å²) in [6, 6.07) is 10.2. The summed E-state index contributed by atoms with van der Waals surface area (Å²) in [5, 5.41) is 8.11. The third-order valence-electron chi connectivity index (χ3n) is 8.07. The van der Waals surface area contributed by atoms with Crippen LogP contribution in [0.3, 0.4) is 0 Å². The summed E-state index contributed by atoms with van der Waals surface area (Å²) in [6.07, 6.45) is 9.07. The van der Waals surface area contributed by atoms with E-state index in [9.17, 15) is 4.79 Å². The Morgan fingerprint density at radius 2 is 1.94 bits per heavy atom. The molecule has 6 nitrogen and oxygen atoms in total. The Hall–Kier alpha value is -2.34. The van der Waals surface area contributed by atoms with Crippen LogP contribution in [-0.2, 0) is 7.05 Å². The van der Waals surface area contributed by atoms with E-state index in [0.717, 1.165) is 25.3 Å². The molecule has 0 radical (unpaired) electrons. The minimum atomic E-state index is -0.00407. The van der Waals surface area contributed by atoms with Gasteiger partial charge in [0.25, 0.3) is 5.91 Å². The van der Waals surface area contributed by atoms with Crippen molar-refractivity contribution in [3.8, 4) is 5.75 Å². The lowest BCUT2D eigenvalue weighted by Gasteiger charge is -2.50. The Morgan fingerprint density at radius 3 is 2.62 bits per heavy atom. The maximum Gasteiger partial charge on any atom is 0.251 e. The summed E-state index contributed by atoms with van der Waals surface area (Å²) < 4.78 is 7.35. The quantitative estimate of drug-likeness (QED) is 0.741. The lowest BCUT2D eigenvalue weighted by Crippen LogP contribution is -2.56. The van der Waals surface area contributed by atoms with Gasteiger partial charge in [0, 0.05) is 49.3 Å². The summed E-state index contributed by atoms with van der Waals surface area (Å²) in [5.41, 5.74) is 3.42. The zero-order valence-electron chi connectivity index (χ0n) is 19.4. The Bertz CT molecular complexity index is 932. The van der Waals surface area contributed by atoms with Gasteiger partial charge < -0.3 is 10.1 Å². The number of benzene rings is 1. The van der Waals surface area contributed by atoms with Crippen LogP contribution in [0.25, 0.3) is 0 Å². The van der Waals surface area contributed by atoms with E-state index < -0.39 is 0 Å². The first kappa shape index (κ1) is 21.5. The van der Waals surface area contributed by atoms with Crippen LogP contribution in [0.5, 0.6) is 5.75 Å². The van der Waals surface area contributed by atoms with E-state index in [4.69, 9.17) is 9.84 Å². The number of nitrogens with one attached hydrogen (secondary N) is 1. The molecule has 2 bridgehead atoms. The molecule has 32 heavy (non-hydrogen) atoms. The monoisotopic (exact) mass is 436 g/mol. The van der Waals surface area contributed by atoms with E-state index in [0.29, 0.717) is 35.9 Å². The largest absolute Gasteiger partial charge is 0.497 e. The third kappa shape index (κ3) is 4.29. The number of methoxy groups -OCH3 is 1. The van der Waals surface area contributed by atoms with Crippen molar-refractivity contribution in [2.75, 3.05) is 26.7 Å². The van der Waals surface area contributed by atoms with E-state index in [-0.39, 0.29) is 5.91 Å². The first-order chi connectivity index (χ1) is 15.6. The first-order valence-electron chi connectivity index (χ1n) is 12.3. The highest BCUT2D eigenvalue weighted by molar-refractivity contribution is 5.94. The number of aryl methyl sites for hydroxylation is 1. The molecule has 3 saturated heterocycles. The van der Waals surface area contributed by atoms with Gasteiger partial charge in [-0.2, -0.15) is 5.10 Å². The van der Waals surface area contributed by atoms with Crippen molar-refractivity contribution in [3.63, 3.8) is 0 Å². The van der Waals surface area contributed by atoms with E-state index in [1.807, 2.05) is 24.3 Å². The molecular formula is C26H36N4O2. The molecule has 4 heterocycles. The van der Waals surface area contributed by atoms with E-state index in [1.165, 1.54) is 49.9 Å². The van der Waals surface area contributed by atoms with Gasteiger partial charge in [-0.15, -0.1) is 0 Å². The highest BCUT2D eigenvalue weighted by Crippen LogP contribution is 2.42. The molecule has 4 atom stereocenters. The molecule has 1 aliphatic carbocycles. The average molecular weight is 437 g/mol. The zero-order valence-corrected chi connectivity index (χ0v) is 19.4. The fraction of sp³-hybridized carbons (Fsp3) is 0.615. The second-order valence-electron chi connectivity index (χ2n) is 9.93. The fourth-order valence-corrected chi connectivity index (χ4v) is 6.19. The van der Waals surface area contributed by atoms with Crippen molar-refractivity contribution in [1.82, 2.24) is 20.0 Å². The topological polar surface area (TPSA) is 59.4 Å². The molecule has 4 aliphatic rings. The maximum absolute atomic E-state index is 12.6. The Balaban J connectivity index is 1.20. The van der Waals surface area contributed by atoms with Crippen molar-refractivity contribution in [2.24, 2.45) is 13.0 Å². The predicted molar refractivity (Wildman–Crippen MR) is 125 cm³/mol. The lowest BCUT2D eigenvalue weighted by atomic mass is 9.74. The molecule has 6 rings (SSSR count). The highest BCUT2D eigenvalue weighted by Gasteiger charge is 2.42. The second-order valence-corrected chi connectivity index (χ2v) is 9.93. The third-order valence-corrected chi connectivity index (χ3v) is 8.07. The van der Waals surface area contributed by atoms with Crippen LogP contribution in [0.15, 0.2) is 30.3 Å². The SMILES string of the molecule is COc1ccc(C(=O)NC[C@H]2C[C@@H]3CCN2C[C@H]3c2cc(C3CCCCC3)nn2C)cc1. The average Bonchev–Trinajstić information content (AvgIpc) is 3.25. The van der Waals surface area contributed by atoms with Gasteiger partial charge in [0.05, 0.1) is 12.8 Å². The van der Waals surface area contributed by atoms with Gasteiger partial charge in [-0.25, -0.2) is 0 Å². The smallest absolute Gasteiger partial charge is 0.251 e. The molecule has 1 saturated carbocycles. The Kier molecular flexibility index (Phi) is 6.22. The molecule has 1 unspecified atom stereocenters. The number of piperidine rings is 3. The molecule has 0 spiro atoms. The van der Waals surface area contributed by atoms with E-state index in [2.05, 4.69) is 28.0 Å². The van der Waals surface area contributed by atoms with Crippen molar-refractivity contribution < 1.29 is 9.53 Å². The van der Waals surface area contributed by atoms with Gasteiger partial charge in [-0.1, -0.05) is 19.3 Å². The van der Waals surface area contributed by atoms with Gasteiger partial charge in [0.15, 0.2) is 0 Å². The number of carbonyl (C=O) groups is 1. The van der Waals surface area contributed by atoms with Crippen LogP contribution in [-0.4, -0.2) is 53.4 Å². The molecule has 1 N–H and O–H groups in total. The maximum atomic E-state index is 12.6. The lowest BCUT2D eigenvalue weighted by molar-refractivity contribution is 0.0280. The minimum absolute atomic E-state index is 0.00407. The van der Waals surface area contributed by atoms with Crippen LogP contribution in [0, 0.1) is 5.92 Å². The number of fused-ring (bicyclic) bond motifs is 3.